The van der Waals surface area contributed by atoms with Crippen LogP contribution in [0.5, 0.6) is 0 Å². The van der Waals surface area contributed by atoms with Gasteiger partial charge in [-0.2, -0.15) is 0 Å². The molecule has 0 aliphatic heterocycles. The molecule has 0 heterocycles. The van der Waals surface area contributed by atoms with Gasteiger partial charge in [-0.25, -0.2) is 0 Å². The Kier molecular flexibility index (Phi) is 2.74. The first-order valence-electron chi connectivity index (χ1n) is 5.41. The lowest BCUT2D eigenvalue weighted by Crippen LogP contribution is -2.52. The van der Waals surface area contributed by atoms with Crippen LogP contribution in [0.1, 0.15) is 26.7 Å². The van der Waals surface area contributed by atoms with Gasteiger partial charge in [0, 0.05) is 4.90 Å². The summed E-state index contributed by atoms with van der Waals surface area (Å²) in [5.41, 5.74) is 0.167. The van der Waals surface area contributed by atoms with Gasteiger partial charge in [-0.3, -0.25) is 4.79 Å². The fourth-order valence-corrected chi connectivity index (χ4v) is 4.23. The minimum atomic E-state index is -0.680. The van der Waals surface area contributed by atoms with E-state index in [9.17, 15) is 9.90 Å². The summed E-state index contributed by atoms with van der Waals surface area (Å²) in [5.74, 6) is -0.680. The molecule has 1 aliphatic rings. The van der Waals surface area contributed by atoms with Crippen LogP contribution in [0.15, 0.2) is 35.2 Å². The van der Waals surface area contributed by atoms with Crippen molar-refractivity contribution < 1.29 is 9.90 Å². The van der Waals surface area contributed by atoms with E-state index in [-0.39, 0.29) is 5.41 Å². The molecular weight excluding hydrogens is 220 g/mol. The first kappa shape index (κ1) is 11.5. The van der Waals surface area contributed by atoms with E-state index in [0.717, 1.165) is 17.7 Å². The molecule has 2 rings (SSSR count). The summed E-state index contributed by atoms with van der Waals surface area (Å²) in [6, 6.07) is 9.78. The maximum Gasteiger partial charge on any atom is 0.320 e. The van der Waals surface area contributed by atoms with Crippen LogP contribution in [0.4, 0.5) is 0 Å². The zero-order chi connectivity index (χ0) is 11.8. The van der Waals surface area contributed by atoms with E-state index in [1.54, 1.807) is 0 Å². The molecule has 0 amide bonds. The molecule has 1 saturated carbocycles. The van der Waals surface area contributed by atoms with Crippen molar-refractivity contribution in [1.29, 1.82) is 0 Å². The largest absolute Gasteiger partial charge is 0.480 e. The number of aliphatic carboxylic acids is 1. The maximum absolute atomic E-state index is 11.4. The topological polar surface area (TPSA) is 37.3 Å². The van der Waals surface area contributed by atoms with Crippen LogP contribution >= 0.6 is 11.8 Å². The molecule has 0 radical (unpaired) electrons. The predicted octanol–water partition coefficient (Wildman–Crippen LogP) is 3.42. The van der Waals surface area contributed by atoms with Crippen LogP contribution in [0.2, 0.25) is 0 Å². The van der Waals surface area contributed by atoms with Crippen molar-refractivity contribution in [2.75, 3.05) is 0 Å². The van der Waals surface area contributed by atoms with Crippen molar-refractivity contribution in [2.24, 2.45) is 5.41 Å². The minimum Gasteiger partial charge on any atom is -0.480 e. The number of rotatable bonds is 3. The molecule has 0 atom stereocenters. The van der Waals surface area contributed by atoms with Gasteiger partial charge >= 0.3 is 5.97 Å². The van der Waals surface area contributed by atoms with Crippen LogP contribution < -0.4 is 0 Å². The summed E-state index contributed by atoms with van der Waals surface area (Å²) in [4.78, 5) is 12.4. The van der Waals surface area contributed by atoms with Gasteiger partial charge in [0.25, 0.3) is 0 Å². The van der Waals surface area contributed by atoms with Gasteiger partial charge in [0.1, 0.15) is 4.75 Å². The van der Waals surface area contributed by atoms with E-state index in [4.69, 9.17) is 0 Å². The van der Waals surface area contributed by atoms with Crippen LogP contribution in [0, 0.1) is 5.41 Å². The summed E-state index contributed by atoms with van der Waals surface area (Å²) in [6.07, 6.45) is 1.49. The SMILES string of the molecule is CC1(C)CC(Sc2ccccc2)(C(=O)O)C1. The van der Waals surface area contributed by atoms with Gasteiger partial charge < -0.3 is 5.11 Å². The highest BCUT2D eigenvalue weighted by Crippen LogP contribution is 2.57. The molecule has 86 valence electrons. The smallest absolute Gasteiger partial charge is 0.320 e. The molecule has 1 aliphatic carbocycles. The van der Waals surface area contributed by atoms with Gasteiger partial charge in [-0.15, -0.1) is 11.8 Å². The molecule has 1 aromatic carbocycles. The number of carbonyl (C=O) groups is 1. The zero-order valence-corrected chi connectivity index (χ0v) is 10.4. The normalized spacial score (nSPS) is 21.1. The van der Waals surface area contributed by atoms with Crippen molar-refractivity contribution in [2.45, 2.75) is 36.3 Å². The number of hydrogen-bond acceptors (Lipinski definition) is 2. The molecule has 1 aromatic rings. The van der Waals surface area contributed by atoms with Crippen LogP contribution in [-0.2, 0) is 4.79 Å². The highest BCUT2D eigenvalue weighted by molar-refractivity contribution is 8.01. The second-order valence-corrected chi connectivity index (χ2v) is 6.69. The van der Waals surface area contributed by atoms with Crippen molar-refractivity contribution in [3.8, 4) is 0 Å². The summed E-state index contributed by atoms with van der Waals surface area (Å²) >= 11 is 1.49. The maximum atomic E-state index is 11.4. The molecule has 0 unspecified atom stereocenters. The molecule has 1 fully saturated rings. The first-order valence-corrected chi connectivity index (χ1v) is 6.23. The molecular formula is C13H16O2S. The van der Waals surface area contributed by atoms with Crippen LogP contribution in [-0.4, -0.2) is 15.8 Å². The molecule has 0 aromatic heterocycles. The van der Waals surface area contributed by atoms with E-state index >= 15 is 0 Å². The average molecular weight is 236 g/mol. The summed E-state index contributed by atoms with van der Waals surface area (Å²) in [7, 11) is 0. The third-order valence-corrected chi connectivity index (χ3v) is 4.34. The Labute approximate surface area is 100 Å². The van der Waals surface area contributed by atoms with Gasteiger partial charge in [0.15, 0.2) is 0 Å². The van der Waals surface area contributed by atoms with Gasteiger partial charge in [-0.1, -0.05) is 32.0 Å². The highest BCUT2D eigenvalue weighted by Gasteiger charge is 2.55. The molecule has 2 nitrogen and oxygen atoms in total. The summed E-state index contributed by atoms with van der Waals surface area (Å²) in [5, 5.41) is 9.36. The van der Waals surface area contributed by atoms with Gasteiger partial charge in [0.05, 0.1) is 0 Å². The van der Waals surface area contributed by atoms with Gasteiger partial charge in [0.2, 0.25) is 0 Å². The molecule has 3 heteroatoms. The number of benzene rings is 1. The fourth-order valence-electron chi connectivity index (χ4n) is 2.48. The van der Waals surface area contributed by atoms with E-state index in [0.29, 0.717) is 0 Å². The molecule has 1 N–H and O–H groups in total. The Bertz CT molecular complexity index is 390. The number of thioether (sulfide) groups is 1. The van der Waals surface area contributed by atoms with E-state index in [2.05, 4.69) is 13.8 Å². The minimum absolute atomic E-state index is 0.167. The third kappa shape index (κ3) is 2.09. The summed E-state index contributed by atoms with van der Waals surface area (Å²) < 4.78 is -0.606. The predicted molar refractivity (Wildman–Crippen MR) is 65.7 cm³/mol. The van der Waals surface area contributed by atoms with E-state index in [1.807, 2.05) is 30.3 Å². The zero-order valence-electron chi connectivity index (χ0n) is 9.56. The van der Waals surface area contributed by atoms with Crippen LogP contribution in [0.3, 0.4) is 0 Å². The molecule has 0 spiro atoms. The monoisotopic (exact) mass is 236 g/mol. The quantitative estimate of drug-likeness (QED) is 0.873. The lowest BCUT2D eigenvalue weighted by atomic mass is 9.64. The lowest BCUT2D eigenvalue weighted by Gasteiger charge is -2.49. The Balaban J connectivity index is 2.15. The number of hydrogen-bond donors (Lipinski definition) is 1. The molecule has 0 bridgehead atoms. The standard InChI is InChI=1S/C13H16O2S/c1-12(2)8-13(9-12,11(14)15)16-10-6-4-3-5-7-10/h3-7H,8-9H2,1-2H3,(H,14,15). The molecule has 0 saturated heterocycles. The van der Waals surface area contributed by atoms with Crippen molar-refractivity contribution in [3.05, 3.63) is 30.3 Å². The second kappa shape index (κ2) is 3.81. The average Bonchev–Trinajstić information content (AvgIpc) is 2.15. The second-order valence-electron chi connectivity index (χ2n) is 5.23. The Morgan fingerprint density at radius 2 is 1.81 bits per heavy atom. The molecule has 16 heavy (non-hydrogen) atoms. The van der Waals surface area contributed by atoms with Crippen molar-refractivity contribution in [3.63, 3.8) is 0 Å². The number of carboxylic acids is 1. The Morgan fingerprint density at radius 3 is 2.25 bits per heavy atom. The summed E-state index contributed by atoms with van der Waals surface area (Å²) in [6.45, 7) is 4.25. The fraction of sp³-hybridized carbons (Fsp3) is 0.462. The third-order valence-electron chi connectivity index (χ3n) is 2.97. The number of carboxylic acid groups (broad SMARTS) is 1. The van der Waals surface area contributed by atoms with Crippen molar-refractivity contribution in [1.82, 2.24) is 0 Å². The van der Waals surface area contributed by atoms with E-state index < -0.39 is 10.7 Å². The lowest BCUT2D eigenvalue weighted by molar-refractivity contribution is -0.145. The van der Waals surface area contributed by atoms with E-state index in [1.165, 1.54) is 11.8 Å². The van der Waals surface area contributed by atoms with Crippen molar-refractivity contribution >= 4 is 17.7 Å². The van der Waals surface area contributed by atoms with Gasteiger partial charge in [-0.05, 0) is 30.4 Å². The Morgan fingerprint density at radius 1 is 1.25 bits per heavy atom. The first-order chi connectivity index (χ1) is 7.44. The van der Waals surface area contributed by atoms with Crippen LogP contribution in [0.25, 0.3) is 0 Å². The Hall–Kier alpha value is -0.960. The highest BCUT2D eigenvalue weighted by atomic mass is 32.2.